The van der Waals surface area contributed by atoms with Crippen LogP contribution in [0.1, 0.15) is 34.8 Å². The second kappa shape index (κ2) is 8.09. The summed E-state index contributed by atoms with van der Waals surface area (Å²) in [5.74, 6) is -0.389. The summed E-state index contributed by atoms with van der Waals surface area (Å²) < 4.78 is 1.63. The molecule has 4 rings (SSSR count). The molecule has 1 fully saturated rings. The molecule has 0 saturated heterocycles. The van der Waals surface area contributed by atoms with E-state index in [1.54, 1.807) is 23.1 Å². The Bertz CT molecular complexity index is 1000. The third-order valence-corrected chi connectivity index (χ3v) is 4.74. The molecule has 0 spiro atoms. The highest BCUT2D eigenvalue weighted by Crippen LogP contribution is 2.31. The molecule has 1 amide bonds. The molecule has 1 aliphatic rings. The van der Waals surface area contributed by atoms with Crippen LogP contribution in [0, 0.1) is 10.1 Å². The van der Waals surface area contributed by atoms with Crippen LogP contribution in [0.15, 0.2) is 61.2 Å². The van der Waals surface area contributed by atoms with E-state index in [1.807, 2.05) is 30.3 Å². The minimum atomic E-state index is -0.467. The van der Waals surface area contributed by atoms with Gasteiger partial charge in [0.1, 0.15) is 18.3 Å². The largest absolute Gasteiger partial charge is 0.377 e. The summed E-state index contributed by atoms with van der Waals surface area (Å²) in [6.07, 6.45) is 5.00. The first-order valence-electron chi connectivity index (χ1n) is 9.33. The van der Waals surface area contributed by atoms with E-state index in [0.717, 1.165) is 18.4 Å². The van der Waals surface area contributed by atoms with Crippen molar-refractivity contribution in [3.8, 4) is 0 Å². The smallest absolute Gasteiger partial charge is 0.293 e. The number of nitrogens with zero attached hydrogens (tertiary/aromatic N) is 4. The van der Waals surface area contributed by atoms with E-state index in [9.17, 15) is 14.9 Å². The van der Waals surface area contributed by atoms with Gasteiger partial charge in [-0.2, -0.15) is 5.10 Å². The summed E-state index contributed by atoms with van der Waals surface area (Å²) in [7, 11) is 0. The summed E-state index contributed by atoms with van der Waals surface area (Å²) in [5.41, 5.74) is 1.48. The summed E-state index contributed by atoms with van der Waals surface area (Å²) in [6, 6.07) is 13.9. The zero-order valence-electron chi connectivity index (χ0n) is 15.6. The molecule has 1 saturated carbocycles. The predicted octanol–water partition coefficient (Wildman–Crippen LogP) is 2.93. The molecule has 1 atom stereocenters. The van der Waals surface area contributed by atoms with Crippen LogP contribution in [0.25, 0.3) is 0 Å². The van der Waals surface area contributed by atoms with Crippen LogP contribution in [0.5, 0.6) is 0 Å². The van der Waals surface area contributed by atoms with E-state index >= 15 is 0 Å². The van der Waals surface area contributed by atoms with Crippen molar-refractivity contribution in [1.82, 2.24) is 20.1 Å². The Morgan fingerprint density at radius 1 is 1.24 bits per heavy atom. The highest BCUT2D eigenvalue weighted by molar-refractivity contribution is 5.96. The normalized spacial score (nSPS) is 14.2. The van der Waals surface area contributed by atoms with Crippen molar-refractivity contribution in [3.63, 3.8) is 0 Å². The Labute approximate surface area is 166 Å². The first-order chi connectivity index (χ1) is 14.1. The highest BCUT2D eigenvalue weighted by atomic mass is 16.6. The van der Waals surface area contributed by atoms with Gasteiger partial charge in [-0.25, -0.2) is 4.98 Å². The number of anilines is 1. The predicted molar refractivity (Wildman–Crippen MR) is 106 cm³/mol. The fraction of sp³-hybridized carbons (Fsp3) is 0.250. The van der Waals surface area contributed by atoms with Crippen LogP contribution in [0.4, 0.5) is 11.4 Å². The molecule has 1 heterocycles. The highest BCUT2D eigenvalue weighted by Gasteiger charge is 2.26. The minimum Gasteiger partial charge on any atom is -0.377 e. The van der Waals surface area contributed by atoms with Crippen LogP contribution >= 0.6 is 0 Å². The lowest BCUT2D eigenvalue weighted by Gasteiger charge is -2.19. The monoisotopic (exact) mass is 392 g/mol. The number of nitrogens with one attached hydrogen (secondary N) is 2. The Morgan fingerprint density at radius 2 is 2.03 bits per heavy atom. The van der Waals surface area contributed by atoms with Gasteiger partial charge in [0, 0.05) is 17.7 Å². The van der Waals surface area contributed by atoms with Crippen molar-refractivity contribution in [2.45, 2.75) is 31.5 Å². The fourth-order valence-corrected chi connectivity index (χ4v) is 3.07. The number of hydrogen-bond acceptors (Lipinski definition) is 6. The molecule has 148 valence electrons. The third kappa shape index (κ3) is 4.57. The van der Waals surface area contributed by atoms with E-state index in [2.05, 4.69) is 20.7 Å². The lowest BCUT2D eigenvalue weighted by atomic mass is 10.1. The second-order valence-corrected chi connectivity index (χ2v) is 6.96. The number of hydrogen-bond donors (Lipinski definition) is 2. The summed E-state index contributed by atoms with van der Waals surface area (Å²) in [4.78, 5) is 27.8. The average molecular weight is 392 g/mol. The van der Waals surface area contributed by atoms with Gasteiger partial charge in [-0.1, -0.05) is 30.3 Å². The molecule has 3 aromatic rings. The number of carbonyl (C=O) groups excluding carboxylic acids is 1. The van der Waals surface area contributed by atoms with Gasteiger partial charge in [-0.05, 0) is 30.5 Å². The standard InChI is InChI=1S/C20H20N6O3/c27-20(15-6-9-17(23-16-7-8-16)19(10-15)26(28)29)24-18(11-25-13-21-12-22-25)14-4-2-1-3-5-14/h1-6,9-10,12-13,16,18,23H,7-8,11H2,(H,24,27). The molecule has 1 unspecified atom stereocenters. The van der Waals surface area contributed by atoms with Gasteiger partial charge in [-0.3, -0.25) is 19.6 Å². The van der Waals surface area contributed by atoms with Crippen molar-refractivity contribution in [3.05, 3.63) is 82.4 Å². The molecule has 9 nitrogen and oxygen atoms in total. The molecule has 0 radical (unpaired) electrons. The van der Waals surface area contributed by atoms with E-state index in [-0.39, 0.29) is 29.2 Å². The number of nitro groups is 1. The number of rotatable bonds is 8. The van der Waals surface area contributed by atoms with Crippen molar-refractivity contribution in [2.75, 3.05) is 5.32 Å². The maximum Gasteiger partial charge on any atom is 0.293 e. The number of aromatic nitrogens is 3. The molecular formula is C20H20N6O3. The van der Waals surface area contributed by atoms with Gasteiger partial charge >= 0.3 is 0 Å². The zero-order valence-corrected chi connectivity index (χ0v) is 15.6. The summed E-state index contributed by atoms with van der Waals surface area (Å²) in [6.45, 7) is 0.388. The van der Waals surface area contributed by atoms with E-state index < -0.39 is 4.92 Å². The Kier molecular flexibility index (Phi) is 5.19. The van der Waals surface area contributed by atoms with E-state index in [1.165, 1.54) is 12.4 Å². The molecule has 9 heteroatoms. The third-order valence-electron chi connectivity index (χ3n) is 4.74. The van der Waals surface area contributed by atoms with Gasteiger partial charge in [0.2, 0.25) is 0 Å². The van der Waals surface area contributed by atoms with Crippen LogP contribution in [0.2, 0.25) is 0 Å². The van der Waals surface area contributed by atoms with Gasteiger partial charge in [-0.15, -0.1) is 0 Å². The molecule has 0 bridgehead atoms. The first-order valence-corrected chi connectivity index (χ1v) is 9.33. The Morgan fingerprint density at radius 3 is 2.69 bits per heavy atom. The van der Waals surface area contributed by atoms with Crippen LogP contribution in [-0.4, -0.2) is 31.6 Å². The number of nitro benzene ring substituents is 1. The SMILES string of the molecule is O=C(NC(Cn1cncn1)c1ccccc1)c1ccc(NC2CC2)c([N+](=O)[O-])c1. The summed E-state index contributed by atoms with van der Waals surface area (Å²) in [5, 5.41) is 21.7. The molecule has 29 heavy (non-hydrogen) atoms. The molecule has 1 aliphatic carbocycles. The lowest BCUT2D eigenvalue weighted by Crippen LogP contribution is -2.31. The Balaban J connectivity index is 1.56. The van der Waals surface area contributed by atoms with Crippen molar-refractivity contribution in [2.24, 2.45) is 0 Å². The fourth-order valence-electron chi connectivity index (χ4n) is 3.07. The Hall–Kier alpha value is -3.75. The quantitative estimate of drug-likeness (QED) is 0.450. The molecule has 0 aliphatic heterocycles. The van der Waals surface area contributed by atoms with Crippen molar-refractivity contribution < 1.29 is 9.72 Å². The van der Waals surface area contributed by atoms with Gasteiger partial charge in [0.05, 0.1) is 17.5 Å². The summed E-state index contributed by atoms with van der Waals surface area (Å²) >= 11 is 0. The van der Waals surface area contributed by atoms with Crippen LogP contribution < -0.4 is 10.6 Å². The number of benzene rings is 2. The van der Waals surface area contributed by atoms with Gasteiger partial charge in [0.25, 0.3) is 11.6 Å². The zero-order chi connectivity index (χ0) is 20.2. The molecule has 2 N–H and O–H groups in total. The molecule has 1 aromatic heterocycles. The van der Waals surface area contributed by atoms with Gasteiger partial charge < -0.3 is 10.6 Å². The average Bonchev–Trinajstić information content (AvgIpc) is 3.40. The topological polar surface area (TPSA) is 115 Å². The maximum atomic E-state index is 12.9. The number of amides is 1. The van der Waals surface area contributed by atoms with Crippen molar-refractivity contribution in [1.29, 1.82) is 0 Å². The molecular weight excluding hydrogens is 372 g/mol. The van der Waals surface area contributed by atoms with Crippen LogP contribution in [0.3, 0.4) is 0 Å². The van der Waals surface area contributed by atoms with Crippen LogP contribution in [-0.2, 0) is 6.54 Å². The number of carbonyl (C=O) groups is 1. The van der Waals surface area contributed by atoms with Gasteiger partial charge in [0.15, 0.2) is 0 Å². The first kappa shape index (κ1) is 18.6. The lowest BCUT2D eigenvalue weighted by molar-refractivity contribution is -0.384. The minimum absolute atomic E-state index is 0.0999. The van der Waals surface area contributed by atoms with E-state index in [4.69, 9.17) is 0 Å². The second-order valence-electron chi connectivity index (χ2n) is 6.96. The molecule has 2 aromatic carbocycles. The van der Waals surface area contributed by atoms with E-state index in [0.29, 0.717) is 12.2 Å². The maximum absolute atomic E-state index is 12.9. The van der Waals surface area contributed by atoms with Crippen molar-refractivity contribution >= 4 is 17.3 Å².